The van der Waals surface area contributed by atoms with E-state index in [1.54, 1.807) is 42.9 Å². The Morgan fingerprint density at radius 3 is 2.52 bits per heavy atom. The first-order valence-corrected chi connectivity index (χ1v) is 10.1. The molecule has 0 aliphatic carbocycles. The van der Waals surface area contributed by atoms with E-state index < -0.39 is 0 Å². The lowest BCUT2D eigenvalue weighted by Crippen LogP contribution is -2.14. The summed E-state index contributed by atoms with van der Waals surface area (Å²) in [6.45, 7) is 2.47. The summed E-state index contributed by atoms with van der Waals surface area (Å²) in [5.41, 5.74) is 2.99. The molecule has 0 spiro atoms. The molecular formula is C24H22N4O3. The number of carbonyl (C=O) groups is 2. The van der Waals surface area contributed by atoms with Gasteiger partial charge in [0.2, 0.25) is 5.91 Å². The number of Topliss-reactive ketones (excluding diaryl/α,β-unsaturated/α-hetero) is 1. The lowest BCUT2D eigenvalue weighted by molar-refractivity contribution is -0.116. The number of imidazole rings is 1. The predicted octanol–water partition coefficient (Wildman–Crippen LogP) is 4.42. The lowest BCUT2D eigenvalue weighted by Gasteiger charge is -2.07. The highest BCUT2D eigenvalue weighted by molar-refractivity contribution is 6.00. The minimum absolute atomic E-state index is 0.0846. The predicted molar refractivity (Wildman–Crippen MR) is 119 cm³/mol. The van der Waals surface area contributed by atoms with Crippen LogP contribution >= 0.6 is 0 Å². The second kappa shape index (κ2) is 9.21. The molecule has 0 atom stereocenters. The number of ether oxygens (including phenoxy) is 1. The lowest BCUT2D eigenvalue weighted by atomic mass is 10.1. The topological polar surface area (TPSA) is 86.1 Å². The van der Waals surface area contributed by atoms with E-state index in [2.05, 4.69) is 15.3 Å². The second-order valence-corrected chi connectivity index (χ2v) is 6.94. The Hall–Kier alpha value is -4.00. The highest BCUT2D eigenvalue weighted by Crippen LogP contribution is 2.18. The fourth-order valence-corrected chi connectivity index (χ4v) is 3.24. The summed E-state index contributed by atoms with van der Waals surface area (Å²) in [6.07, 6.45) is 3.54. The number of nitrogens with zero attached hydrogens (tertiary/aromatic N) is 3. The Morgan fingerprint density at radius 2 is 1.77 bits per heavy atom. The molecule has 7 nitrogen and oxygen atoms in total. The Bertz CT molecular complexity index is 1200. The van der Waals surface area contributed by atoms with Crippen molar-refractivity contribution in [2.45, 2.75) is 19.8 Å². The van der Waals surface area contributed by atoms with Crippen LogP contribution in [-0.2, 0) is 4.79 Å². The van der Waals surface area contributed by atoms with Crippen molar-refractivity contribution in [3.63, 3.8) is 0 Å². The number of aromatic nitrogens is 3. The summed E-state index contributed by atoms with van der Waals surface area (Å²) in [5, 5.41) is 2.79. The van der Waals surface area contributed by atoms with Crippen molar-refractivity contribution in [2.24, 2.45) is 0 Å². The summed E-state index contributed by atoms with van der Waals surface area (Å²) in [6, 6.07) is 18.3. The van der Waals surface area contributed by atoms with E-state index in [9.17, 15) is 9.59 Å². The van der Waals surface area contributed by atoms with Gasteiger partial charge in [-0.15, -0.1) is 0 Å². The van der Waals surface area contributed by atoms with E-state index in [1.807, 2.05) is 41.8 Å². The number of anilines is 1. The molecule has 156 valence electrons. The third-order valence-electron chi connectivity index (χ3n) is 4.80. The van der Waals surface area contributed by atoms with Gasteiger partial charge in [-0.1, -0.05) is 12.1 Å². The molecule has 0 unspecified atom stereocenters. The molecular weight excluding hydrogens is 392 g/mol. The summed E-state index contributed by atoms with van der Waals surface area (Å²) in [5.74, 6) is 1.11. The highest BCUT2D eigenvalue weighted by Gasteiger charge is 2.11. The van der Waals surface area contributed by atoms with Crippen molar-refractivity contribution >= 4 is 28.4 Å². The molecule has 0 radical (unpaired) electrons. The van der Waals surface area contributed by atoms with Crippen LogP contribution in [0.25, 0.3) is 16.9 Å². The van der Waals surface area contributed by atoms with E-state index in [4.69, 9.17) is 4.74 Å². The molecule has 4 aromatic rings. The van der Waals surface area contributed by atoms with E-state index in [0.717, 1.165) is 16.8 Å². The van der Waals surface area contributed by atoms with Crippen LogP contribution in [0.1, 0.15) is 30.1 Å². The Balaban J connectivity index is 1.33. The van der Waals surface area contributed by atoms with Crippen LogP contribution in [0.15, 0.2) is 73.2 Å². The van der Waals surface area contributed by atoms with Gasteiger partial charge in [-0.05, 0) is 55.5 Å². The molecule has 4 rings (SSSR count). The molecule has 0 aliphatic rings. The van der Waals surface area contributed by atoms with Gasteiger partial charge in [0.15, 0.2) is 5.78 Å². The SMILES string of the molecule is CCOc1ccc(C(=O)CCC(=O)Nc2ccc(-n3cnc4ccccc43)nc2)cc1. The summed E-state index contributed by atoms with van der Waals surface area (Å²) >= 11 is 0. The molecule has 31 heavy (non-hydrogen) atoms. The molecule has 0 saturated carbocycles. The van der Waals surface area contributed by atoms with E-state index in [0.29, 0.717) is 23.7 Å². The third kappa shape index (κ3) is 4.78. The van der Waals surface area contributed by atoms with E-state index >= 15 is 0 Å². The van der Waals surface area contributed by atoms with Crippen LogP contribution in [0, 0.1) is 0 Å². The Labute approximate surface area is 179 Å². The minimum atomic E-state index is -0.234. The van der Waals surface area contributed by atoms with Crippen molar-refractivity contribution in [3.05, 3.63) is 78.8 Å². The van der Waals surface area contributed by atoms with Crippen LogP contribution in [0.3, 0.4) is 0 Å². The number of pyridine rings is 1. The Morgan fingerprint density at radius 1 is 0.968 bits per heavy atom. The number of hydrogen-bond donors (Lipinski definition) is 1. The van der Waals surface area contributed by atoms with Gasteiger partial charge in [0, 0.05) is 18.4 Å². The van der Waals surface area contributed by atoms with E-state index in [1.165, 1.54) is 0 Å². The number of hydrogen-bond acceptors (Lipinski definition) is 5. The van der Waals surface area contributed by atoms with Gasteiger partial charge in [-0.2, -0.15) is 0 Å². The molecule has 7 heteroatoms. The summed E-state index contributed by atoms with van der Waals surface area (Å²) in [4.78, 5) is 33.3. The molecule has 2 aromatic carbocycles. The molecule has 1 amide bonds. The summed E-state index contributed by atoms with van der Waals surface area (Å²) < 4.78 is 7.26. The maximum atomic E-state index is 12.3. The van der Waals surface area contributed by atoms with Gasteiger partial charge in [0.05, 0.1) is 29.5 Å². The number of rotatable bonds is 8. The van der Waals surface area contributed by atoms with Gasteiger partial charge in [-0.25, -0.2) is 9.97 Å². The molecule has 0 aliphatic heterocycles. The van der Waals surface area contributed by atoms with E-state index in [-0.39, 0.29) is 24.5 Å². The zero-order valence-corrected chi connectivity index (χ0v) is 17.1. The maximum absolute atomic E-state index is 12.3. The monoisotopic (exact) mass is 414 g/mol. The second-order valence-electron chi connectivity index (χ2n) is 6.94. The molecule has 2 heterocycles. The standard InChI is InChI=1S/C24H22N4O3/c1-2-31-19-10-7-17(8-11-19)22(29)12-14-24(30)27-18-9-13-23(25-15-18)28-16-26-20-5-3-4-6-21(20)28/h3-11,13,15-16H,2,12,14H2,1H3,(H,27,30). The van der Waals surface area contributed by atoms with Crippen LogP contribution in [-0.4, -0.2) is 32.8 Å². The van der Waals surface area contributed by atoms with Crippen LogP contribution < -0.4 is 10.1 Å². The van der Waals surface area contributed by atoms with Gasteiger partial charge in [0.1, 0.15) is 17.9 Å². The van der Waals surface area contributed by atoms with Crippen molar-refractivity contribution in [2.75, 3.05) is 11.9 Å². The van der Waals surface area contributed by atoms with Crippen molar-refractivity contribution in [1.82, 2.24) is 14.5 Å². The Kier molecular flexibility index (Phi) is 6.03. The van der Waals surface area contributed by atoms with Crippen LogP contribution in [0.5, 0.6) is 5.75 Å². The third-order valence-corrected chi connectivity index (χ3v) is 4.80. The molecule has 1 N–H and O–H groups in total. The average molecular weight is 414 g/mol. The number of nitrogens with one attached hydrogen (secondary N) is 1. The zero-order valence-electron chi connectivity index (χ0n) is 17.1. The molecule has 2 aromatic heterocycles. The van der Waals surface area contributed by atoms with Gasteiger partial charge in [0.25, 0.3) is 0 Å². The first-order valence-electron chi connectivity index (χ1n) is 10.1. The number of benzene rings is 2. The fourth-order valence-electron chi connectivity index (χ4n) is 3.24. The number of fused-ring (bicyclic) bond motifs is 1. The highest BCUT2D eigenvalue weighted by atomic mass is 16.5. The van der Waals surface area contributed by atoms with Crippen molar-refractivity contribution in [1.29, 1.82) is 0 Å². The number of carbonyl (C=O) groups excluding carboxylic acids is 2. The number of para-hydroxylation sites is 2. The largest absolute Gasteiger partial charge is 0.494 e. The zero-order chi connectivity index (χ0) is 21.6. The fraction of sp³-hybridized carbons (Fsp3) is 0.167. The average Bonchev–Trinajstić information content (AvgIpc) is 3.23. The van der Waals surface area contributed by atoms with Gasteiger partial charge >= 0.3 is 0 Å². The van der Waals surface area contributed by atoms with Crippen molar-refractivity contribution in [3.8, 4) is 11.6 Å². The molecule has 0 bridgehead atoms. The van der Waals surface area contributed by atoms with Crippen LogP contribution in [0.4, 0.5) is 5.69 Å². The number of ketones is 1. The first-order chi connectivity index (χ1) is 15.1. The number of amides is 1. The quantitative estimate of drug-likeness (QED) is 0.431. The first kappa shape index (κ1) is 20.3. The summed E-state index contributed by atoms with van der Waals surface area (Å²) in [7, 11) is 0. The van der Waals surface area contributed by atoms with Crippen molar-refractivity contribution < 1.29 is 14.3 Å². The smallest absolute Gasteiger partial charge is 0.224 e. The minimum Gasteiger partial charge on any atom is -0.494 e. The van der Waals surface area contributed by atoms with Gasteiger partial charge in [-0.3, -0.25) is 14.2 Å². The van der Waals surface area contributed by atoms with Crippen LogP contribution in [0.2, 0.25) is 0 Å². The molecule has 0 fully saturated rings. The molecule has 0 saturated heterocycles. The van der Waals surface area contributed by atoms with Gasteiger partial charge < -0.3 is 10.1 Å². The maximum Gasteiger partial charge on any atom is 0.224 e. The normalized spacial score (nSPS) is 10.7.